The van der Waals surface area contributed by atoms with Crippen LogP contribution in [-0.2, 0) is 10.1 Å². The summed E-state index contributed by atoms with van der Waals surface area (Å²) in [6.45, 7) is 1.32. The average molecular weight is 267 g/mol. The molecular weight excluding hydrogens is 261 g/mol. The molecule has 0 N–H and O–H groups in total. The molecule has 0 aliphatic rings. The first-order valence-electron chi connectivity index (χ1n) is 4.14. The molecule has 0 heterocycles. The van der Waals surface area contributed by atoms with E-state index in [0.717, 1.165) is 12.1 Å². The Labute approximate surface area is 94.6 Å². The van der Waals surface area contributed by atoms with E-state index in [1.165, 1.54) is 13.0 Å². The molecule has 0 saturated heterocycles. The van der Waals surface area contributed by atoms with E-state index in [4.69, 9.17) is 5.39 Å². The number of benzene rings is 1. The van der Waals surface area contributed by atoms with Crippen LogP contribution in [0.5, 0.6) is 5.75 Å². The minimum Gasteiger partial charge on any atom is -0.376 e. The summed E-state index contributed by atoms with van der Waals surface area (Å²) in [6, 6.07) is 3.24. The van der Waals surface area contributed by atoms with Gasteiger partial charge in [-0.2, -0.15) is 21.6 Å². The van der Waals surface area contributed by atoms with Gasteiger partial charge in [-0.25, -0.2) is 0 Å². The Morgan fingerprint density at radius 3 is 2.35 bits per heavy atom. The lowest BCUT2D eigenvalue weighted by Crippen LogP contribution is -2.28. The van der Waals surface area contributed by atoms with Gasteiger partial charge >= 0.3 is 21.3 Å². The second kappa shape index (κ2) is 4.21. The van der Waals surface area contributed by atoms with E-state index in [1.807, 2.05) is 0 Å². The summed E-state index contributed by atoms with van der Waals surface area (Å²) in [5.41, 5.74) is -5.33. The molecule has 1 aromatic rings. The maximum Gasteiger partial charge on any atom is 0.534 e. The smallest absolute Gasteiger partial charge is 0.376 e. The first-order chi connectivity index (χ1) is 7.67. The van der Waals surface area contributed by atoms with Gasteiger partial charge in [-0.1, -0.05) is 0 Å². The van der Waals surface area contributed by atoms with Crippen LogP contribution in [0.3, 0.4) is 0 Å². The molecule has 0 spiro atoms. The molecule has 1 rings (SSSR count). The van der Waals surface area contributed by atoms with Gasteiger partial charge in [0, 0.05) is 17.7 Å². The highest BCUT2D eigenvalue weighted by molar-refractivity contribution is 7.88. The Morgan fingerprint density at radius 1 is 1.35 bits per heavy atom. The van der Waals surface area contributed by atoms with E-state index in [9.17, 15) is 21.6 Å². The summed E-state index contributed by atoms with van der Waals surface area (Å²) in [7, 11) is -5.69. The van der Waals surface area contributed by atoms with E-state index < -0.39 is 21.4 Å². The molecule has 1 aromatic carbocycles. The second-order valence-electron chi connectivity index (χ2n) is 3.03. The zero-order chi connectivity index (χ0) is 13.3. The highest BCUT2D eigenvalue weighted by Crippen LogP contribution is 2.30. The minimum absolute atomic E-state index is 0.0688. The fraction of sp³-hybridized carbons (Fsp3) is 0.250. The van der Waals surface area contributed by atoms with Crippen LogP contribution in [0.1, 0.15) is 5.56 Å². The Hall–Kier alpha value is -1.82. The fourth-order valence-corrected chi connectivity index (χ4v) is 1.47. The zero-order valence-corrected chi connectivity index (χ0v) is 9.21. The third-order valence-electron chi connectivity index (χ3n) is 1.76. The van der Waals surface area contributed by atoms with Crippen molar-refractivity contribution in [3.63, 3.8) is 0 Å². The molecule has 0 atom stereocenters. The number of halogens is 3. The molecule has 0 aliphatic carbocycles. The van der Waals surface area contributed by atoms with Crippen molar-refractivity contribution in [1.29, 1.82) is 5.39 Å². The van der Waals surface area contributed by atoms with E-state index >= 15 is 0 Å². The SMILES string of the molecule is Cc1cc([N+]#N)ccc1OS(=O)(=O)C(F)(F)F. The van der Waals surface area contributed by atoms with Gasteiger partial charge in [-0.15, -0.1) is 0 Å². The van der Waals surface area contributed by atoms with Gasteiger partial charge in [-0.3, -0.25) is 0 Å². The molecule has 0 saturated carbocycles. The maximum atomic E-state index is 12.0. The van der Waals surface area contributed by atoms with Gasteiger partial charge in [0.2, 0.25) is 5.39 Å². The normalized spacial score (nSPS) is 11.9. The first-order valence-corrected chi connectivity index (χ1v) is 5.55. The van der Waals surface area contributed by atoms with Crippen molar-refractivity contribution in [2.45, 2.75) is 12.4 Å². The molecule has 0 fully saturated rings. The largest absolute Gasteiger partial charge is 0.534 e. The standard InChI is InChI=1S/C8H6F3N2O3S/c1-5-4-6(13-12)2-3-7(5)16-17(14,15)8(9,10)11/h2-4H,1H3/q+1. The highest BCUT2D eigenvalue weighted by Gasteiger charge is 2.48. The van der Waals surface area contributed by atoms with Gasteiger partial charge in [0.25, 0.3) is 0 Å². The van der Waals surface area contributed by atoms with E-state index in [2.05, 4.69) is 9.16 Å². The lowest BCUT2D eigenvalue weighted by Gasteiger charge is -2.10. The predicted molar refractivity (Wildman–Crippen MR) is 51.5 cm³/mol. The Kier molecular flexibility index (Phi) is 3.28. The number of rotatable bonds is 2. The molecule has 0 radical (unpaired) electrons. The van der Waals surface area contributed by atoms with Gasteiger partial charge in [0.1, 0.15) is 5.75 Å². The van der Waals surface area contributed by atoms with Gasteiger partial charge in [0.15, 0.2) is 4.98 Å². The van der Waals surface area contributed by atoms with Gasteiger partial charge in [-0.05, 0) is 13.0 Å². The number of hydrogen-bond acceptors (Lipinski definition) is 4. The van der Waals surface area contributed by atoms with Crippen LogP contribution in [0, 0.1) is 12.3 Å². The monoisotopic (exact) mass is 267 g/mol. The van der Waals surface area contributed by atoms with Crippen LogP contribution in [-0.4, -0.2) is 13.9 Å². The first kappa shape index (κ1) is 13.2. The molecule has 0 aliphatic heterocycles. The summed E-state index contributed by atoms with van der Waals surface area (Å²) < 4.78 is 61.4. The van der Waals surface area contributed by atoms with Crippen LogP contribution >= 0.6 is 0 Å². The van der Waals surface area contributed by atoms with Crippen LogP contribution < -0.4 is 4.18 Å². The van der Waals surface area contributed by atoms with Crippen molar-refractivity contribution in [1.82, 2.24) is 0 Å². The fourth-order valence-electron chi connectivity index (χ4n) is 0.955. The van der Waals surface area contributed by atoms with Crippen molar-refractivity contribution < 1.29 is 25.8 Å². The highest BCUT2D eigenvalue weighted by atomic mass is 32.2. The van der Waals surface area contributed by atoms with Gasteiger partial charge < -0.3 is 4.18 Å². The lowest BCUT2D eigenvalue weighted by atomic mass is 10.2. The van der Waals surface area contributed by atoms with Crippen LogP contribution in [0.15, 0.2) is 18.2 Å². The number of alkyl halides is 3. The molecule has 0 bridgehead atoms. The predicted octanol–water partition coefficient (Wildman–Crippen LogP) is 2.71. The maximum absolute atomic E-state index is 12.0. The summed E-state index contributed by atoms with van der Waals surface area (Å²) in [4.78, 5) is 2.79. The summed E-state index contributed by atoms with van der Waals surface area (Å²) >= 11 is 0. The Morgan fingerprint density at radius 2 is 1.94 bits per heavy atom. The summed E-state index contributed by atoms with van der Waals surface area (Å²) in [5.74, 6) is -0.477. The van der Waals surface area contributed by atoms with Crippen molar-refractivity contribution in [2.24, 2.45) is 0 Å². The quantitative estimate of drug-likeness (QED) is 0.469. The van der Waals surface area contributed by atoms with E-state index in [-0.39, 0.29) is 11.3 Å². The molecule has 0 unspecified atom stereocenters. The van der Waals surface area contributed by atoms with Gasteiger partial charge in [0.05, 0.1) is 0 Å². The van der Waals surface area contributed by atoms with Crippen LogP contribution in [0.25, 0.3) is 4.98 Å². The lowest BCUT2D eigenvalue weighted by molar-refractivity contribution is -0.0500. The second-order valence-corrected chi connectivity index (χ2v) is 4.57. The Bertz CT molecular complexity index is 575. The summed E-state index contributed by atoms with van der Waals surface area (Å²) in [5, 5.41) is 8.40. The minimum atomic E-state index is -5.69. The van der Waals surface area contributed by atoms with Crippen LogP contribution in [0.4, 0.5) is 18.9 Å². The zero-order valence-electron chi connectivity index (χ0n) is 8.39. The third-order valence-corrected chi connectivity index (χ3v) is 2.72. The number of aryl methyl sites for hydroxylation is 1. The number of nitrogens with zero attached hydrogens (tertiary/aromatic N) is 2. The molecule has 9 heteroatoms. The molecule has 17 heavy (non-hydrogen) atoms. The van der Waals surface area contributed by atoms with E-state index in [0.29, 0.717) is 0 Å². The topological polar surface area (TPSA) is 71.5 Å². The van der Waals surface area contributed by atoms with Crippen LogP contribution in [0.2, 0.25) is 0 Å². The number of diazo groups is 1. The van der Waals surface area contributed by atoms with Crippen molar-refractivity contribution in [2.75, 3.05) is 0 Å². The Balaban J connectivity index is 3.11. The molecule has 0 aromatic heterocycles. The van der Waals surface area contributed by atoms with E-state index in [1.54, 1.807) is 0 Å². The molecule has 5 nitrogen and oxygen atoms in total. The van der Waals surface area contributed by atoms with Crippen molar-refractivity contribution >= 4 is 15.8 Å². The van der Waals surface area contributed by atoms with Crippen molar-refractivity contribution in [3.8, 4) is 5.75 Å². The van der Waals surface area contributed by atoms with Crippen molar-refractivity contribution in [3.05, 3.63) is 28.7 Å². The molecule has 92 valence electrons. The third kappa shape index (κ3) is 2.85. The number of hydrogen-bond donors (Lipinski definition) is 0. The average Bonchev–Trinajstić information content (AvgIpc) is 2.19. The molecule has 0 amide bonds. The molecular formula is C8H6F3N2O3S+. The summed E-state index contributed by atoms with van der Waals surface area (Å²) in [6.07, 6.45) is 0.